The maximum Gasteiger partial charge on any atom is 0.336 e. The van der Waals surface area contributed by atoms with Gasteiger partial charge in [0, 0.05) is 29.0 Å². The number of allylic oxidation sites excluding steroid dienone is 3. The first-order valence-corrected chi connectivity index (χ1v) is 12.5. The van der Waals surface area contributed by atoms with Gasteiger partial charge in [-0.15, -0.1) is 0 Å². The highest BCUT2D eigenvalue weighted by molar-refractivity contribution is 6.04. The lowest BCUT2D eigenvalue weighted by atomic mass is 9.71. The molecule has 4 rings (SSSR count). The lowest BCUT2D eigenvalue weighted by Crippen LogP contribution is -2.36. The molecule has 0 saturated heterocycles. The largest absolute Gasteiger partial charge is 0.497 e. The highest BCUT2D eigenvalue weighted by Crippen LogP contribution is 2.48. The average molecular weight is 506 g/mol. The normalized spacial score (nSPS) is 19.4. The molecule has 2 aromatic rings. The molecule has 196 valence electrons. The molecule has 1 heterocycles. The van der Waals surface area contributed by atoms with Gasteiger partial charge in [-0.25, -0.2) is 4.79 Å². The van der Waals surface area contributed by atoms with Crippen molar-refractivity contribution < 1.29 is 28.5 Å². The summed E-state index contributed by atoms with van der Waals surface area (Å²) >= 11 is 0. The average Bonchev–Trinajstić information content (AvgIpc) is 2.90. The highest BCUT2D eigenvalue weighted by Gasteiger charge is 2.42. The third-order valence-corrected chi connectivity index (χ3v) is 6.93. The zero-order valence-electron chi connectivity index (χ0n) is 22.3. The summed E-state index contributed by atoms with van der Waals surface area (Å²) in [6.07, 6.45) is 0.977. The van der Waals surface area contributed by atoms with Gasteiger partial charge in [-0.2, -0.15) is 0 Å². The van der Waals surface area contributed by atoms with Crippen LogP contribution in [0.5, 0.6) is 17.2 Å². The van der Waals surface area contributed by atoms with Crippen LogP contribution in [0.2, 0.25) is 0 Å². The van der Waals surface area contributed by atoms with Crippen LogP contribution in [0.25, 0.3) is 0 Å². The molecule has 0 spiro atoms. The van der Waals surface area contributed by atoms with E-state index in [2.05, 4.69) is 5.32 Å². The second kappa shape index (κ2) is 11.1. The lowest BCUT2D eigenvalue weighted by Gasteiger charge is -2.37. The Labute approximate surface area is 218 Å². The molecule has 37 heavy (non-hydrogen) atoms. The van der Waals surface area contributed by atoms with Gasteiger partial charge >= 0.3 is 5.97 Å². The van der Waals surface area contributed by atoms with Crippen LogP contribution in [0.15, 0.2) is 65.0 Å². The molecule has 1 aliphatic carbocycles. The first-order valence-electron chi connectivity index (χ1n) is 12.5. The number of benzene rings is 2. The first-order chi connectivity index (χ1) is 17.8. The second-order valence-corrected chi connectivity index (χ2v) is 9.89. The van der Waals surface area contributed by atoms with Gasteiger partial charge in [0.25, 0.3) is 0 Å². The van der Waals surface area contributed by atoms with Gasteiger partial charge in [0.2, 0.25) is 0 Å². The first kappa shape index (κ1) is 26.3. The van der Waals surface area contributed by atoms with E-state index in [0.29, 0.717) is 46.7 Å². The highest BCUT2D eigenvalue weighted by atomic mass is 16.5. The number of ether oxygens (including phenoxy) is 4. The Morgan fingerprint density at radius 3 is 2.27 bits per heavy atom. The van der Waals surface area contributed by atoms with Crippen LogP contribution in [0, 0.1) is 5.92 Å². The number of hydrogen-bond acceptors (Lipinski definition) is 7. The second-order valence-electron chi connectivity index (χ2n) is 9.89. The number of methoxy groups -OCH3 is 3. The fourth-order valence-electron chi connectivity index (χ4n) is 5.12. The summed E-state index contributed by atoms with van der Waals surface area (Å²) in [5, 5.41) is 3.40. The van der Waals surface area contributed by atoms with E-state index < -0.39 is 11.9 Å². The van der Waals surface area contributed by atoms with Crippen LogP contribution in [-0.2, 0) is 14.3 Å². The standard InChI is InChI=1S/C30H35NO6/c1-17(2)16-37-30(33)27-18(3)31-24-13-20(19-7-9-21(34-4)10-8-19)14-25(32)29(24)28(27)23-15-22(35-5)11-12-26(23)36-6/h7-12,15,17,20,28,31H,13-14,16H2,1-6H3/t20-,28+/m0/s1. The van der Waals surface area contributed by atoms with Gasteiger partial charge in [0.05, 0.1) is 39.4 Å². The van der Waals surface area contributed by atoms with Gasteiger partial charge in [-0.3, -0.25) is 4.79 Å². The number of carbonyl (C=O) groups is 2. The molecule has 0 saturated carbocycles. The van der Waals surface area contributed by atoms with Crippen LogP contribution in [0.3, 0.4) is 0 Å². The van der Waals surface area contributed by atoms with Crippen LogP contribution < -0.4 is 19.5 Å². The van der Waals surface area contributed by atoms with Crippen LogP contribution in [-0.4, -0.2) is 39.7 Å². The van der Waals surface area contributed by atoms with Crippen molar-refractivity contribution in [1.29, 1.82) is 0 Å². The SMILES string of the molecule is COc1ccc([C@@H]2CC(=O)C3=C(C2)NC(C)=C(C(=O)OCC(C)C)[C@H]3c2cc(OC)ccc2OC)cc1. The molecule has 7 heteroatoms. The molecule has 1 N–H and O–H groups in total. The number of Topliss-reactive ketones (excluding diaryl/α,β-unsaturated/α-hetero) is 1. The topological polar surface area (TPSA) is 83.1 Å². The van der Waals surface area contributed by atoms with Crippen molar-refractivity contribution in [2.75, 3.05) is 27.9 Å². The van der Waals surface area contributed by atoms with Crippen LogP contribution in [0.4, 0.5) is 0 Å². The van der Waals surface area contributed by atoms with Crippen molar-refractivity contribution >= 4 is 11.8 Å². The molecule has 0 amide bonds. The number of dihydropyridines is 1. The Morgan fingerprint density at radius 2 is 1.65 bits per heavy atom. The minimum atomic E-state index is -0.634. The third-order valence-electron chi connectivity index (χ3n) is 6.93. The molecule has 2 atom stereocenters. The monoisotopic (exact) mass is 505 g/mol. The fraction of sp³-hybridized carbons (Fsp3) is 0.400. The van der Waals surface area contributed by atoms with Crippen molar-refractivity contribution in [1.82, 2.24) is 5.32 Å². The van der Waals surface area contributed by atoms with Crippen LogP contribution in [0.1, 0.15) is 56.6 Å². The molecule has 7 nitrogen and oxygen atoms in total. The molecular weight excluding hydrogens is 470 g/mol. The van der Waals surface area contributed by atoms with E-state index in [0.717, 1.165) is 17.0 Å². The van der Waals surface area contributed by atoms with E-state index in [1.165, 1.54) is 0 Å². The van der Waals surface area contributed by atoms with E-state index in [1.54, 1.807) is 33.5 Å². The quantitative estimate of drug-likeness (QED) is 0.489. The van der Waals surface area contributed by atoms with E-state index in [-0.39, 0.29) is 24.2 Å². The summed E-state index contributed by atoms with van der Waals surface area (Å²) < 4.78 is 22.1. The van der Waals surface area contributed by atoms with Gasteiger partial charge in [-0.1, -0.05) is 26.0 Å². The Hall–Kier alpha value is -3.74. The van der Waals surface area contributed by atoms with E-state index in [9.17, 15) is 9.59 Å². The summed E-state index contributed by atoms with van der Waals surface area (Å²) in [7, 11) is 4.80. The maximum absolute atomic E-state index is 13.8. The third kappa shape index (κ3) is 5.36. The van der Waals surface area contributed by atoms with Crippen molar-refractivity contribution in [3.8, 4) is 17.2 Å². The summed E-state index contributed by atoms with van der Waals surface area (Å²) in [4.78, 5) is 27.3. The molecule has 0 unspecified atom stereocenters. The Kier molecular flexibility index (Phi) is 7.91. The van der Waals surface area contributed by atoms with Gasteiger partial charge in [0.15, 0.2) is 5.78 Å². The summed E-state index contributed by atoms with van der Waals surface area (Å²) in [6.45, 7) is 6.12. The zero-order chi connectivity index (χ0) is 26.7. The molecule has 0 bridgehead atoms. The summed E-state index contributed by atoms with van der Waals surface area (Å²) in [5.41, 5.74) is 4.26. The number of ketones is 1. The summed E-state index contributed by atoms with van der Waals surface area (Å²) in [5.74, 6) is 1.08. The lowest BCUT2D eigenvalue weighted by molar-refractivity contribution is -0.140. The van der Waals surface area contributed by atoms with Crippen molar-refractivity contribution in [2.24, 2.45) is 5.92 Å². The van der Waals surface area contributed by atoms with Gasteiger partial charge < -0.3 is 24.3 Å². The molecule has 0 aromatic heterocycles. The Balaban J connectivity index is 1.81. The molecule has 0 radical (unpaired) electrons. The van der Waals surface area contributed by atoms with E-state index in [4.69, 9.17) is 18.9 Å². The molecular formula is C30H35NO6. The van der Waals surface area contributed by atoms with Crippen molar-refractivity contribution in [2.45, 2.75) is 45.4 Å². The van der Waals surface area contributed by atoms with Crippen molar-refractivity contribution in [3.63, 3.8) is 0 Å². The number of hydrogen-bond donors (Lipinski definition) is 1. The van der Waals surface area contributed by atoms with Gasteiger partial charge in [0.1, 0.15) is 17.2 Å². The predicted octanol–water partition coefficient (Wildman–Crippen LogP) is 5.27. The number of esters is 1. The number of nitrogens with one attached hydrogen (secondary N) is 1. The Morgan fingerprint density at radius 1 is 0.973 bits per heavy atom. The maximum atomic E-state index is 13.8. The molecule has 2 aromatic carbocycles. The van der Waals surface area contributed by atoms with Gasteiger partial charge in [-0.05, 0) is 61.1 Å². The minimum absolute atomic E-state index is 0.00824. The summed E-state index contributed by atoms with van der Waals surface area (Å²) in [6, 6.07) is 13.3. The molecule has 0 fully saturated rings. The fourth-order valence-corrected chi connectivity index (χ4v) is 5.12. The number of rotatable bonds is 8. The predicted molar refractivity (Wildman–Crippen MR) is 141 cm³/mol. The smallest absolute Gasteiger partial charge is 0.336 e. The van der Waals surface area contributed by atoms with E-state index in [1.807, 2.05) is 51.1 Å². The minimum Gasteiger partial charge on any atom is -0.497 e. The van der Waals surface area contributed by atoms with Crippen LogP contribution >= 0.6 is 0 Å². The molecule has 1 aliphatic heterocycles. The van der Waals surface area contributed by atoms with Crippen molar-refractivity contribution in [3.05, 3.63) is 76.1 Å². The zero-order valence-corrected chi connectivity index (χ0v) is 22.3. The Bertz CT molecular complexity index is 1240. The number of carbonyl (C=O) groups excluding carboxylic acids is 2. The van der Waals surface area contributed by atoms with E-state index >= 15 is 0 Å². The molecule has 2 aliphatic rings.